The van der Waals surface area contributed by atoms with Gasteiger partial charge in [-0.15, -0.1) is 0 Å². The predicted octanol–water partition coefficient (Wildman–Crippen LogP) is 2.44. The van der Waals surface area contributed by atoms with Crippen LogP contribution in [0.3, 0.4) is 0 Å². The van der Waals surface area contributed by atoms with Crippen LogP contribution in [-0.4, -0.2) is 53.3 Å². The van der Waals surface area contributed by atoms with Crippen LogP contribution in [0.25, 0.3) is 11.3 Å². The summed E-state index contributed by atoms with van der Waals surface area (Å²) in [6.45, 7) is 1.93. The Bertz CT molecular complexity index is 730. The minimum atomic E-state index is -0.0544. The third kappa shape index (κ3) is 3.62. The summed E-state index contributed by atoms with van der Waals surface area (Å²) in [5.41, 5.74) is 2.38. The molecule has 0 radical (unpaired) electrons. The number of carbonyl (C=O) groups is 2. The van der Waals surface area contributed by atoms with Crippen LogP contribution in [0.15, 0.2) is 48.7 Å². The van der Waals surface area contributed by atoms with Crippen LogP contribution in [0, 0.1) is 0 Å². The number of hydrogen-bond donors (Lipinski definition) is 0. The Labute approximate surface area is 141 Å². The lowest BCUT2D eigenvalue weighted by Gasteiger charge is -2.22. The number of benzene rings is 1. The Morgan fingerprint density at radius 2 is 2.04 bits per heavy atom. The number of amides is 2. The number of likely N-dealkylation sites (N-methyl/N-ethyl adjacent to an activating group) is 1. The van der Waals surface area contributed by atoms with Crippen LogP contribution < -0.4 is 0 Å². The third-order valence-corrected chi connectivity index (χ3v) is 4.30. The number of hydrogen-bond acceptors (Lipinski definition) is 3. The van der Waals surface area contributed by atoms with Gasteiger partial charge in [-0.25, -0.2) is 0 Å². The van der Waals surface area contributed by atoms with Gasteiger partial charge in [-0.2, -0.15) is 0 Å². The molecule has 2 aromatic rings. The molecule has 1 aliphatic heterocycles. The van der Waals surface area contributed by atoms with Gasteiger partial charge in [0.25, 0.3) is 5.91 Å². The van der Waals surface area contributed by atoms with Gasteiger partial charge in [0.15, 0.2) is 0 Å². The standard InChI is InChI=1S/C19H21N3O2/c1-21(12-13-22-11-5-8-18(22)23)19(24)16-9-10-20-17(14-16)15-6-3-2-4-7-15/h2-4,6-7,9-10,14H,5,8,11-13H2,1H3. The number of carbonyl (C=O) groups excluding carboxylic acids is 2. The molecule has 5 heteroatoms. The second-order valence-electron chi connectivity index (χ2n) is 6.01. The normalized spacial score (nSPS) is 14.0. The summed E-state index contributed by atoms with van der Waals surface area (Å²) in [6, 6.07) is 13.3. The Kier molecular flexibility index (Phi) is 4.89. The van der Waals surface area contributed by atoms with E-state index in [4.69, 9.17) is 0 Å². The molecule has 0 bridgehead atoms. The lowest BCUT2D eigenvalue weighted by atomic mass is 10.1. The molecular formula is C19H21N3O2. The molecule has 0 spiro atoms. The van der Waals surface area contributed by atoms with E-state index in [-0.39, 0.29) is 11.8 Å². The average molecular weight is 323 g/mol. The fraction of sp³-hybridized carbons (Fsp3) is 0.316. The third-order valence-electron chi connectivity index (χ3n) is 4.30. The molecule has 0 saturated carbocycles. The zero-order valence-electron chi connectivity index (χ0n) is 13.8. The molecule has 2 heterocycles. The highest BCUT2D eigenvalue weighted by Crippen LogP contribution is 2.18. The molecule has 1 aromatic heterocycles. The van der Waals surface area contributed by atoms with Crippen molar-refractivity contribution in [2.45, 2.75) is 12.8 Å². The molecular weight excluding hydrogens is 302 g/mol. The maximum Gasteiger partial charge on any atom is 0.253 e. The first-order valence-corrected chi connectivity index (χ1v) is 8.20. The van der Waals surface area contributed by atoms with Crippen molar-refractivity contribution < 1.29 is 9.59 Å². The second kappa shape index (κ2) is 7.25. The molecule has 0 atom stereocenters. The van der Waals surface area contributed by atoms with E-state index < -0.39 is 0 Å². The number of pyridine rings is 1. The largest absolute Gasteiger partial charge is 0.341 e. The molecule has 1 aliphatic rings. The maximum absolute atomic E-state index is 12.6. The summed E-state index contributed by atoms with van der Waals surface area (Å²) in [4.78, 5) is 32.1. The summed E-state index contributed by atoms with van der Waals surface area (Å²) in [5, 5.41) is 0. The highest BCUT2D eigenvalue weighted by Gasteiger charge is 2.21. The van der Waals surface area contributed by atoms with Crippen LogP contribution in [0.1, 0.15) is 23.2 Å². The molecule has 1 fully saturated rings. The van der Waals surface area contributed by atoms with Gasteiger partial charge in [0.05, 0.1) is 5.69 Å². The average Bonchev–Trinajstić information content (AvgIpc) is 3.05. The number of nitrogens with zero attached hydrogens (tertiary/aromatic N) is 3. The lowest BCUT2D eigenvalue weighted by Crippen LogP contribution is -2.36. The summed E-state index contributed by atoms with van der Waals surface area (Å²) >= 11 is 0. The van der Waals surface area contributed by atoms with Crippen molar-refractivity contribution in [3.8, 4) is 11.3 Å². The van der Waals surface area contributed by atoms with Crippen molar-refractivity contribution in [2.75, 3.05) is 26.7 Å². The first-order chi connectivity index (χ1) is 11.6. The smallest absolute Gasteiger partial charge is 0.253 e. The maximum atomic E-state index is 12.6. The number of aromatic nitrogens is 1. The Hall–Kier alpha value is -2.69. The van der Waals surface area contributed by atoms with Crippen LogP contribution in [0.5, 0.6) is 0 Å². The minimum absolute atomic E-state index is 0.0544. The van der Waals surface area contributed by atoms with Gasteiger partial charge >= 0.3 is 0 Å². The molecule has 3 rings (SSSR count). The molecule has 0 unspecified atom stereocenters. The van der Waals surface area contributed by atoms with E-state index >= 15 is 0 Å². The van der Waals surface area contributed by atoms with E-state index in [0.717, 1.165) is 24.2 Å². The molecule has 5 nitrogen and oxygen atoms in total. The first-order valence-electron chi connectivity index (χ1n) is 8.20. The van der Waals surface area contributed by atoms with Crippen LogP contribution >= 0.6 is 0 Å². The number of likely N-dealkylation sites (tertiary alicyclic amines) is 1. The van der Waals surface area contributed by atoms with Crippen molar-refractivity contribution in [3.63, 3.8) is 0 Å². The molecule has 0 N–H and O–H groups in total. The summed E-state index contributed by atoms with van der Waals surface area (Å²) in [5.74, 6) is 0.132. The highest BCUT2D eigenvalue weighted by atomic mass is 16.2. The Balaban J connectivity index is 1.67. The van der Waals surface area contributed by atoms with Crippen LogP contribution in [0.2, 0.25) is 0 Å². The molecule has 0 aliphatic carbocycles. The van der Waals surface area contributed by atoms with E-state index in [1.165, 1.54) is 0 Å². The Morgan fingerprint density at radius 1 is 1.25 bits per heavy atom. The van der Waals surface area contributed by atoms with Crippen molar-refractivity contribution >= 4 is 11.8 Å². The van der Waals surface area contributed by atoms with E-state index in [2.05, 4.69) is 4.98 Å². The summed E-state index contributed by atoms with van der Waals surface area (Å²) in [7, 11) is 1.77. The van der Waals surface area contributed by atoms with Gasteiger partial charge in [-0.05, 0) is 18.6 Å². The lowest BCUT2D eigenvalue weighted by molar-refractivity contribution is -0.127. The molecule has 1 saturated heterocycles. The second-order valence-corrected chi connectivity index (χ2v) is 6.01. The molecule has 24 heavy (non-hydrogen) atoms. The van der Waals surface area contributed by atoms with Crippen LogP contribution in [0.4, 0.5) is 0 Å². The SMILES string of the molecule is CN(CCN1CCCC1=O)C(=O)c1ccnc(-c2ccccc2)c1. The van der Waals surface area contributed by atoms with E-state index in [9.17, 15) is 9.59 Å². The molecule has 2 amide bonds. The first kappa shape index (κ1) is 16.2. The quantitative estimate of drug-likeness (QED) is 0.849. The highest BCUT2D eigenvalue weighted by molar-refractivity contribution is 5.95. The minimum Gasteiger partial charge on any atom is -0.341 e. The van der Waals surface area contributed by atoms with E-state index in [0.29, 0.717) is 25.1 Å². The van der Waals surface area contributed by atoms with Gasteiger partial charge < -0.3 is 9.80 Å². The van der Waals surface area contributed by atoms with Crippen molar-refractivity contribution in [3.05, 3.63) is 54.2 Å². The predicted molar refractivity (Wildman–Crippen MR) is 92.4 cm³/mol. The van der Waals surface area contributed by atoms with E-state index in [1.807, 2.05) is 41.3 Å². The van der Waals surface area contributed by atoms with Crippen molar-refractivity contribution in [1.29, 1.82) is 0 Å². The van der Waals surface area contributed by atoms with Crippen molar-refractivity contribution in [1.82, 2.24) is 14.8 Å². The van der Waals surface area contributed by atoms with Crippen molar-refractivity contribution in [2.24, 2.45) is 0 Å². The van der Waals surface area contributed by atoms with E-state index in [1.54, 1.807) is 24.2 Å². The van der Waals surface area contributed by atoms with Gasteiger partial charge in [0, 0.05) is 50.4 Å². The fourth-order valence-electron chi connectivity index (χ4n) is 2.86. The van der Waals surface area contributed by atoms with Crippen LogP contribution in [-0.2, 0) is 4.79 Å². The van der Waals surface area contributed by atoms with Gasteiger partial charge in [0.1, 0.15) is 0 Å². The topological polar surface area (TPSA) is 53.5 Å². The van der Waals surface area contributed by atoms with Gasteiger partial charge in [0.2, 0.25) is 5.91 Å². The Morgan fingerprint density at radius 3 is 2.75 bits per heavy atom. The molecule has 124 valence electrons. The zero-order chi connectivity index (χ0) is 16.9. The zero-order valence-corrected chi connectivity index (χ0v) is 13.8. The summed E-state index contributed by atoms with van der Waals surface area (Å²) < 4.78 is 0. The fourth-order valence-corrected chi connectivity index (χ4v) is 2.86. The van der Waals surface area contributed by atoms with Gasteiger partial charge in [-0.3, -0.25) is 14.6 Å². The number of rotatable bonds is 5. The molecule has 1 aromatic carbocycles. The monoisotopic (exact) mass is 323 g/mol. The van der Waals surface area contributed by atoms with Gasteiger partial charge in [-0.1, -0.05) is 30.3 Å². The summed E-state index contributed by atoms with van der Waals surface area (Å²) in [6.07, 6.45) is 3.21.